The summed E-state index contributed by atoms with van der Waals surface area (Å²) >= 11 is 0. The normalized spacial score (nSPS) is 15.0. The van der Waals surface area contributed by atoms with Gasteiger partial charge in [-0.3, -0.25) is 0 Å². The van der Waals surface area contributed by atoms with Crippen LogP contribution in [0.4, 0.5) is 4.79 Å². The molecule has 1 N–H and O–H groups in total. The first kappa shape index (κ1) is 18.0. The summed E-state index contributed by atoms with van der Waals surface area (Å²) in [5.74, 6) is -0.0145. The van der Waals surface area contributed by atoms with E-state index in [9.17, 15) is 9.90 Å². The Labute approximate surface area is 117 Å². The molecule has 0 saturated heterocycles. The number of carbonyl (C=O) groups is 1. The fourth-order valence-corrected chi connectivity index (χ4v) is 1.99. The molecule has 112 valence electrons. The molecule has 0 saturated carbocycles. The van der Waals surface area contributed by atoms with Gasteiger partial charge in [-0.15, -0.1) is 0 Å². The van der Waals surface area contributed by atoms with Crippen molar-refractivity contribution < 1.29 is 14.6 Å². The minimum absolute atomic E-state index is 0.0145. The van der Waals surface area contributed by atoms with Crippen molar-refractivity contribution in [2.24, 2.45) is 5.92 Å². The van der Waals surface area contributed by atoms with Crippen molar-refractivity contribution in [2.75, 3.05) is 0 Å². The fourth-order valence-electron chi connectivity index (χ4n) is 1.99. The Kier molecular flexibility index (Phi) is 8.48. The van der Waals surface area contributed by atoms with E-state index in [1.54, 1.807) is 11.0 Å². The molecule has 19 heavy (non-hydrogen) atoms. The molecule has 0 aromatic heterocycles. The SMILES string of the molecule is CCC[C@@H](O)[C@@H](C)/C=C\OC(=O)N(C(C)C)C(C)C. The second-order valence-electron chi connectivity index (χ2n) is 5.52. The zero-order valence-electron chi connectivity index (χ0n) is 13.1. The fraction of sp³-hybridized carbons (Fsp3) is 0.800. The van der Waals surface area contributed by atoms with Crippen molar-refractivity contribution in [3.05, 3.63) is 12.3 Å². The molecule has 0 aromatic carbocycles. The van der Waals surface area contributed by atoms with Gasteiger partial charge < -0.3 is 14.7 Å². The first-order valence-corrected chi connectivity index (χ1v) is 7.14. The maximum Gasteiger partial charge on any atom is 0.415 e. The van der Waals surface area contributed by atoms with E-state index >= 15 is 0 Å². The highest BCUT2D eigenvalue weighted by molar-refractivity contribution is 5.68. The van der Waals surface area contributed by atoms with E-state index < -0.39 is 0 Å². The third kappa shape index (κ3) is 6.62. The number of nitrogens with zero attached hydrogens (tertiary/aromatic N) is 1. The second kappa shape index (κ2) is 8.97. The number of carbonyl (C=O) groups excluding carboxylic acids is 1. The third-order valence-corrected chi connectivity index (χ3v) is 3.07. The molecule has 0 rings (SSSR count). The summed E-state index contributed by atoms with van der Waals surface area (Å²) in [5.41, 5.74) is 0. The number of hydrogen-bond donors (Lipinski definition) is 1. The van der Waals surface area contributed by atoms with Gasteiger partial charge in [0, 0.05) is 18.0 Å². The predicted octanol–water partition coefficient (Wildman–Crippen LogP) is 3.55. The summed E-state index contributed by atoms with van der Waals surface area (Å²) in [5, 5.41) is 9.77. The average Bonchev–Trinajstić information content (AvgIpc) is 2.27. The molecule has 0 aliphatic rings. The van der Waals surface area contributed by atoms with Crippen LogP contribution < -0.4 is 0 Å². The lowest BCUT2D eigenvalue weighted by molar-refractivity contribution is 0.105. The van der Waals surface area contributed by atoms with Gasteiger partial charge in [0.1, 0.15) is 0 Å². The quantitative estimate of drug-likeness (QED) is 0.720. The summed E-state index contributed by atoms with van der Waals surface area (Å²) < 4.78 is 5.12. The van der Waals surface area contributed by atoms with E-state index in [0.29, 0.717) is 0 Å². The zero-order chi connectivity index (χ0) is 15.0. The highest BCUT2D eigenvalue weighted by Crippen LogP contribution is 2.12. The highest BCUT2D eigenvalue weighted by atomic mass is 16.5. The van der Waals surface area contributed by atoms with Crippen LogP contribution in [0.2, 0.25) is 0 Å². The summed E-state index contributed by atoms with van der Waals surface area (Å²) in [6.45, 7) is 11.8. The lowest BCUT2D eigenvalue weighted by atomic mass is 10.0. The number of aliphatic hydroxyl groups is 1. The van der Waals surface area contributed by atoms with E-state index in [0.717, 1.165) is 12.8 Å². The number of aliphatic hydroxyl groups excluding tert-OH is 1. The summed E-state index contributed by atoms with van der Waals surface area (Å²) in [4.78, 5) is 13.6. The first-order chi connectivity index (χ1) is 8.81. The average molecular weight is 271 g/mol. The predicted molar refractivity (Wildman–Crippen MR) is 77.8 cm³/mol. The van der Waals surface area contributed by atoms with E-state index in [2.05, 4.69) is 0 Å². The molecule has 0 radical (unpaired) electrons. The van der Waals surface area contributed by atoms with Crippen LogP contribution >= 0.6 is 0 Å². The van der Waals surface area contributed by atoms with Crippen molar-refractivity contribution in [3.8, 4) is 0 Å². The zero-order valence-corrected chi connectivity index (χ0v) is 13.1. The molecule has 0 heterocycles. The molecule has 0 aliphatic heterocycles. The van der Waals surface area contributed by atoms with Crippen LogP contribution in [0.1, 0.15) is 54.4 Å². The van der Waals surface area contributed by atoms with Gasteiger partial charge in [0.15, 0.2) is 0 Å². The Hall–Kier alpha value is -1.03. The molecule has 2 atom stereocenters. The van der Waals surface area contributed by atoms with Crippen LogP contribution in [0.5, 0.6) is 0 Å². The van der Waals surface area contributed by atoms with Gasteiger partial charge >= 0.3 is 6.09 Å². The van der Waals surface area contributed by atoms with Crippen LogP contribution in [-0.4, -0.2) is 34.3 Å². The molecule has 0 unspecified atom stereocenters. The van der Waals surface area contributed by atoms with Crippen molar-refractivity contribution in [1.82, 2.24) is 4.90 Å². The van der Waals surface area contributed by atoms with E-state index in [1.165, 1.54) is 6.26 Å². The van der Waals surface area contributed by atoms with E-state index in [-0.39, 0.29) is 30.2 Å². The standard InChI is InChI=1S/C15H29NO3/c1-7-8-14(17)13(6)9-10-19-15(18)16(11(2)3)12(4)5/h9-14,17H,7-8H2,1-6H3/b10-9-/t13-,14+/m0/s1. The van der Waals surface area contributed by atoms with Crippen LogP contribution in [0, 0.1) is 5.92 Å². The lowest BCUT2D eigenvalue weighted by Gasteiger charge is -2.29. The molecule has 0 aliphatic carbocycles. The maximum absolute atomic E-state index is 11.9. The number of rotatable bonds is 7. The third-order valence-electron chi connectivity index (χ3n) is 3.07. The Morgan fingerprint density at radius 2 is 1.74 bits per heavy atom. The van der Waals surface area contributed by atoms with Crippen LogP contribution in [0.3, 0.4) is 0 Å². The van der Waals surface area contributed by atoms with Crippen LogP contribution in [-0.2, 0) is 4.74 Å². The monoisotopic (exact) mass is 271 g/mol. The van der Waals surface area contributed by atoms with Gasteiger partial charge in [-0.05, 0) is 40.2 Å². The van der Waals surface area contributed by atoms with Crippen molar-refractivity contribution in [2.45, 2.75) is 72.6 Å². The van der Waals surface area contributed by atoms with Gasteiger partial charge in [0.25, 0.3) is 0 Å². The van der Waals surface area contributed by atoms with Gasteiger partial charge in [-0.2, -0.15) is 0 Å². The topological polar surface area (TPSA) is 49.8 Å². The number of amides is 1. The Balaban J connectivity index is 4.34. The second-order valence-corrected chi connectivity index (χ2v) is 5.52. The summed E-state index contributed by atoms with van der Waals surface area (Å²) in [6, 6.07) is 0.202. The van der Waals surface area contributed by atoms with Gasteiger partial charge in [0.05, 0.1) is 12.4 Å². The molecule has 1 amide bonds. The largest absolute Gasteiger partial charge is 0.418 e. The van der Waals surface area contributed by atoms with Crippen molar-refractivity contribution >= 4 is 6.09 Å². The molecular formula is C15H29NO3. The van der Waals surface area contributed by atoms with E-state index in [1.807, 2.05) is 41.5 Å². The maximum atomic E-state index is 11.9. The molecule has 0 spiro atoms. The van der Waals surface area contributed by atoms with Gasteiger partial charge in [0.2, 0.25) is 0 Å². The van der Waals surface area contributed by atoms with Gasteiger partial charge in [-0.25, -0.2) is 4.79 Å². The Bertz CT molecular complexity index is 279. The molecule has 0 aromatic rings. The van der Waals surface area contributed by atoms with Gasteiger partial charge in [-0.1, -0.05) is 20.3 Å². The molecule has 0 fully saturated rings. The molecule has 0 bridgehead atoms. The van der Waals surface area contributed by atoms with Crippen molar-refractivity contribution in [1.29, 1.82) is 0 Å². The minimum Gasteiger partial charge on any atom is -0.418 e. The number of hydrogen-bond acceptors (Lipinski definition) is 3. The summed E-state index contributed by atoms with van der Waals surface area (Å²) in [6.07, 6.45) is 4.09. The van der Waals surface area contributed by atoms with Crippen molar-refractivity contribution in [3.63, 3.8) is 0 Å². The smallest absolute Gasteiger partial charge is 0.415 e. The van der Waals surface area contributed by atoms with Crippen LogP contribution in [0.25, 0.3) is 0 Å². The molecule has 4 heteroatoms. The molecule has 4 nitrogen and oxygen atoms in total. The van der Waals surface area contributed by atoms with E-state index in [4.69, 9.17) is 4.74 Å². The first-order valence-electron chi connectivity index (χ1n) is 7.14. The lowest BCUT2D eigenvalue weighted by Crippen LogP contribution is -2.41. The van der Waals surface area contributed by atoms with Crippen LogP contribution in [0.15, 0.2) is 12.3 Å². The molecular weight excluding hydrogens is 242 g/mol. The Morgan fingerprint density at radius 1 is 1.21 bits per heavy atom. The summed E-state index contributed by atoms with van der Waals surface area (Å²) in [7, 11) is 0. The Morgan fingerprint density at radius 3 is 2.16 bits per heavy atom. The minimum atomic E-state index is -0.383. The highest BCUT2D eigenvalue weighted by Gasteiger charge is 2.20. The number of ether oxygens (including phenoxy) is 1.